The molecule has 0 spiro atoms. The molecule has 0 aromatic heterocycles. The van der Waals surface area contributed by atoms with Crippen molar-refractivity contribution in [3.05, 3.63) is 88.0 Å². The van der Waals surface area contributed by atoms with Gasteiger partial charge in [-0.15, -0.1) is 0 Å². The zero-order valence-corrected chi connectivity index (χ0v) is 14.8. The maximum Gasteiger partial charge on any atom is 0.346 e. The van der Waals surface area contributed by atoms with Crippen LogP contribution in [0.1, 0.15) is 20.7 Å². The van der Waals surface area contributed by atoms with E-state index in [0.717, 1.165) is 16.8 Å². The molecule has 29 heavy (non-hydrogen) atoms. The molecule has 1 N–H and O–H groups in total. The molecule has 5 rings (SSSR count). The predicted octanol–water partition coefficient (Wildman–Crippen LogP) is 4.96. The van der Waals surface area contributed by atoms with Gasteiger partial charge in [0.1, 0.15) is 5.69 Å². The number of carbonyl (C=O) groups excluding carboxylic acids is 2. The molecule has 0 aliphatic carbocycles. The molecule has 1 heterocycles. The molecular weight excluding hydrogens is 372 g/mol. The Morgan fingerprint density at radius 1 is 0.828 bits per heavy atom. The molecule has 0 atom stereocenters. The third-order valence-electron chi connectivity index (χ3n) is 4.98. The molecular formula is C22H12N2O5. The van der Waals surface area contributed by atoms with E-state index in [1.54, 1.807) is 12.1 Å². The van der Waals surface area contributed by atoms with E-state index in [2.05, 4.69) is 5.32 Å². The first-order valence-corrected chi connectivity index (χ1v) is 8.79. The van der Waals surface area contributed by atoms with Gasteiger partial charge in [-0.05, 0) is 29.0 Å². The van der Waals surface area contributed by atoms with Gasteiger partial charge in [0.15, 0.2) is 0 Å². The highest BCUT2D eigenvalue weighted by molar-refractivity contribution is 6.23. The molecule has 4 aromatic rings. The minimum absolute atomic E-state index is 0.00552. The highest BCUT2D eigenvalue weighted by Gasteiger charge is 2.32. The number of cyclic esters (lactones) is 2. The van der Waals surface area contributed by atoms with Gasteiger partial charge in [0.25, 0.3) is 5.69 Å². The molecule has 0 saturated heterocycles. The van der Waals surface area contributed by atoms with Gasteiger partial charge < -0.3 is 10.1 Å². The van der Waals surface area contributed by atoms with Crippen molar-refractivity contribution in [3.63, 3.8) is 0 Å². The summed E-state index contributed by atoms with van der Waals surface area (Å²) in [6.07, 6.45) is 0. The Kier molecular flexibility index (Phi) is 3.57. The van der Waals surface area contributed by atoms with Crippen LogP contribution in [0.15, 0.2) is 66.7 Å². The van der Waals surface area contributed by atoms with Crippen LogP contribution in [0.4, 0.5) is 17.1 Å². The summed E-state index contributed by atoms with van der Waals surface area (Å²) in [4.78, 5) is 35.5. The number of benzene rings is 4. The second-order valence-electron chi connectivity index (χ2n) is 6.67. The Hall–Kier alpha value is -4.26. The first-order valence-electron chi connectivity index (χ1n) is 8.79. The molecule has 0 saturated carbocycles. The number of rotatable bonds is 3. The molecule has 0 fully saturated rings. The minimum atomic E-state index is -0.890. The normalized spacial score (nSPS) is 12.8. The third kappa shape index (κ3) is 2.60. The summed E-state index contributed by atoms with van der Waals surface area (Å²) < 4.78 is 4.72. The zero-order valence-electron chi connectivity index (χ0n) is 14.8. The second kappa shape index (κ2) is 6.13. The number of fused-ring (bicyclic) bond motifs is 1. The number of nitrogens with zero attached hydrogens (tertiary/aromatic N) is 1. The van der Waals surface area contributed by atoms with Crippen molar-refractivity contribution in [2.45, 2.75) is 0 Å². The first kappa shape index (κ1) is 16.9. The van der Waals surface area contributed by atoms with Crippen LogP contribution in [0.5, 0.6) is 0 Å². The lowest BCUT2D eigenvalue weighted by atomic mass is 9.95. The Balaban J connectivity index is 1.77. The van der Waals surface area contributed by atoms with Gasteiger partial charge in [-0.1, -0.05) is 42.5 Å². The quantitative estimate of drug-likeness (QED) is 0.232. The number of carbonyl (C=O) groups is 2. The standard InChI is InChI=1S/C22H12N2O5/c25-21-16-7-3-6-15-19(16)17(22(26)29-21)11-18(24(27)28)20(15)23-14-9-8-12-4-1-2-5-13(12)10-14/h1-11,23H. The van der Waals surface area contributed by atoms with Gasteiger partial charge in [-0.3, -0.25) is 10.1 Å². The average molecular weight is 384 g/mol. The topological polar surface area (TPSA) is 98.5 Å². The van der Waals surface area contributed by atoms with Crippen molar-refractivity contribution in [2.24, 2.45) is 0 Å². The Morgan fingerprint density at radius 2 is 1.59 bits per heavy atom. The maximum atomic E-state index is 12.2. The average Bonchev–Trinajstić information content (AvgIpc) is 2.72. The summed E-state index contributed by atoms with van der Waals surface area (Å²) in [6, 6.07) is 19.3. The van der Waals surface area contributed by atoms with E-state index < -0.39 is 16.9 Å². The van der Waals surface area contributed by atoms with Crippen LogP contribution in [-0.2, 0) is 4.74 Å². The molecule has 4 aromatic carbocycles. The lowest BCUT2D eigenvalue weighted by Crippen LogP contribution is -2.20. The van der Waals surface area contributed by atoms with E-state index in [1.807, 2.05) is 42.5 Å². The van der Waals surface area contributed by atoms with Crippen LogP contribution in [0, 0.1) is 10.1 Å². The molecule has 1 aliphatic rings. The minimum Gasteiger partial charge on any atom is -0.386 e. The van der Waals surface area contributed by atoms with Crippen LogP contribution < -0.4 is 5.32 Å². The molecule has 7 heteroatoms. The number of esters is 2. The maximum absolute atomic E-state index is 12.2. The van der Waals surface area contributed by atoms with Crippen LogP contribution in [0.25, 0.3) is 21.5 Å². The smallest absolute Gasteiger partial charge is 0.346 e. The fourth-order valence-corrected chi connectivity index (χ4v) is 3.68. The highest BCUT2D eigenvalue weighted by atomic mass is 16.6. The van der Waals surface area contributed by atoms with E-state index >= 15 is 0 Å². The molecule has 7 nitrogen and oxygen atoms in total. The second-order valence-corrected chi connectivity index (χ2v) is 6.67. The Labute approximate surface area is 163 Å². The van der Waals surface area contributed by atoms with Gasteiger partial charge in [0.2, 0.25) is 0 Å². The monoisotopic (exact) mass is 384 g/mol. The number of nitro groups is 1. The van der Waals surface area contributed by atoms with E-state index in [9.17, 15) is 19.7 Å². The molecule has 1 aliphatic heterocycles. The van der Waals surface area contributed by atoms with E-state index in [0.29, 0.717) is 16.5 Å². The van der Waals surface area contributed by atoms with Gasteiger partial charge >= 0.3 is 11.9 Å². The summed E-state index contributed by atoms with van der Waals surface area (Å²) >= 11 is 0. The van der Waals surface area contributed by atoms with Crippen molar-refractivity contribution in [1.29, 1.82) is 0 Å². The van der Waals surface area contributed by atoms with E-state index in [1.165, 1.54) is 6.07 Å². The third-order valence-corrected chi connectivity index (χ3v) is 4.98. The summed E-state index contributed by atoms with van der Waals surface area (Å²) in [7, 11) is 0. The fraction of sp³-hybridized carbons (Fsp3) is 0. The number of hydrogen-bond donors (Lipinski definition) is 1. The van der Waals surface area contributed by atoms with Gasteiger partial charge in [-0.25, -0.2) is 9.59 Å². The summed E-state index contributed by atoms with van der Waals surface area (Å²) in [6.45, 7) is 0. The predicted molar refractivity (Wildman–Crippen MR) is 108 cm³/mol. The van der Waals surface area contributed by atoms with Crippen LogP contribution in [0.3, 0.4) is 0 Å². The molecule has 0 radical (unpaired) electrons. The van der Waals surface area contributed by atoms with Crippen LogP contribution in [0.2, 0.25) is 0 Å². The summed E-state index contributed by atoms with van der Waals surface area (Å²) in [5, 5.41) is 17.6. The number of hydrogen-bond acceptors (Lipinski definition) is 6. The van der Waals surface area contributed by atoms with Crippen molar-refractivity contribution in [1.82, 2.24) is 0 Å². The number of nitro benzene ring substituents is 1. The highest BCUT2D eigenvalue weighted by Crippen LogP contribution is 2.41. The van der Waals surface area contributed by atoms with Gasteiger partial charge in [-0.2, -0.15) is 0 Å². The van der Waals surface area contributed by atoms with Crippen molar-refractivity contribution >= 4 is 50.5 Å². The summed E-state index contributed by atoms with van der Waals surface area (Å²) in [5.74, 6) is -1.65. The number of anilines is 2. The summed E-state index contributed by atoms with van der Waals surface area (Å²) in [5.41, 5.74) is 0.800. The largest absolute Gasteiger partial charge is 0.386 e. The van der Waals surface area contributed by atoms with Gasteiger partial charge in [0, 0.05) is 22.5 Å². The zero-order chi connectivity index (χ0) is 20.1. The molecule has 140 valence electrons. The van der Waals surface area contributed by atoms with Crippen LogP contribution >= 0.6 is 0 Å². The lowest BCUT2D eigenvalue weighted by Gasteiger charge is -2.18. The van der Waals surface area contributed by atoms with Crippen LogP contribution in [-0.4, -0.2) is 16.9 Å². The Bertz CT molecular complexity index is 1380. The number of nitrogens with one attached hydrogen (secondary N) is 1. The van der Waals surface area contributed by atoms with E-state index in [4.69, 9.17) is 4.74 Å². The molecule has 0 unspecified atom stereocenters. The molecule has 0 amide bonds. The fourth-order valence-electron chi connectivity index (χ4n) is 3.68. The lowest BCUT2D eigenvalue weighted by molar-refractivity contribution is -0.383. The number of ether oxygens (including phenoxy) is 1. The molecule has 0 bridgehead atoms. The van der Waals surface area contributed by atoms with Crippen molar-refractivity contribution in [3.8, 4) is 0 Å². The van der Waals surface area contributed by atoms with E-state index in [-0.39, 0.29) is 22.5 Å². The first-order chi connectivity index (χ1) is 14.0. The Morgan fingerprint density at radius 3 is 2.38 bits per heavy atom. The van der Waals surface area contributed by atoms with Crippen molar-refractivity contribution in [2.75, 3.05) is 5.32 Å². The van der Waals surface area contributed by atoms with Crippen molar-refractivity contribution < 1.29 is 19.2 Å². The SMILES string of the molecule is O=C1OC(=O)c2cc([N+](=O)[O-])c(Nc3ccc4ccccc4c3)c3cccc1c23. The van der Waals surface area contributed by atoms with Gasteiger partial charge in [0.05, 0.1) is 16.1 Å².